The van der Waals surface area contributed by atoms with Gasteiger partial charge in [0, 0.05) is 27.4 Å². The Morgan fingerprint density at radius 1 is 1.32 bits per heavy atom. The van der Waals surface area contributed by atoms with Crippen LogP contribution in [-0.2, 0) is 0 Å². The minimum atomic E-state index is 0.744. The fourth-order valence-electron chi connectivity index (χ4n) is 1.82. The molecule has 0 saturated carbocycles. The summed E-state index contributed by atoms with van der Waals surface area (Å²) < 4.78 is 0. The molecule has 1 N–H and O–H groups in total. The zero-order chi connectivity index (χ0) is 13.8. The van der Waals surface area contributed by atoms with E-state index < -0.39 is 0 Å². The standard InChI is InChI=1S/C15H15ClN2S/c1-4-12-14(13(5-2)18-15(12)17-3)19-11-8-6-10(16)7-9-11/h4-9H,2H2,1,3H3,(H,17,18)/b12-4-. The zero-order valence-electron chi connectivity index (χ0n) is 10.9. The molecule has 0 radical (unpaired) electrons. The second-order valence-electron chi connectivity index (χ2n) is 3.90. The number of hydrogen-bond acceptors (Lipinski definition) is 2. The van der Waals surface area contributed by atoms with Crippen LogP contribution < -0.4 is 5.32 Å². The summed E-state index contributed by atoms with van der Waals surface area (Å²) >= 11 is 7.59. The minimum absolute atomic E-state index is 0.744. The van der Waals surface area contributed by atoms with Crippen LogP contribution in [0.3, 0.4) is 0 Å². The molecular weight excluding hydrogens is 276 g/mol. The highest BCUT2D eigenvalue weighted by Crippen LogP contribution is 2.37. The van der Waals surface area contributed by atoms with Gasteiger partial charge in [-0.05, 0) is 37.3 Å². The van der Waals surface area contributed by atoms with Gasteiger partial charge in [-0.25, -0.2) is 0 Å². The van der Waals surface area contributed by atoms with Gasteiger partial charge in [0.1, 0.15) is 5.84 Å². The molecule has 19 heavy (non-hydrogen) atoms. The van der Waals surface area contributed by atoms with E-state index in [1.807, 2.05) is 37.3 Å². The van der Waals surface area contributed by atoms with Crippen LogP contribution in [0.15, 0.2) is 69.1 Å². The topological polar surface area (TPSA) is 24.4 Å². The molecule has 0 aliphatic carbocycles. The van der Waals surface area contributed by atoms with Crippen molar-refractivity contribution >= 4 is 29.2 Å². The maximum absolute atomic E-state index is 5.91. The number of thioether (sulfide) groups is 1. The maximum atomic E-state index is 5.91. The van der Waals surface area contributed by atoms with Gasteiger partial charge in [-0.2, -0.15) is 0 Å². The SMILES string of the molecule is C=CC1=C(Sc2ccc(Cl)cc2)/C(=C/C)C(=NC)N1. The normalized spacial score (nSPS) is 19.1. The molecule has 0 amide bonds. The van der Waals surface area contributed by atoms with Crippen LogP contribution >= 0.6 is 23.4 Å². The minimum Gasteiger partial charge on any atom is -0.339 e. The first kappa shape index (κ1) is 14.0. The predicted octanol–water partition coefficient (Wildman–Crippen LogP) is 4.41. The summed E-state index contributed by atoms with van der Waals surface area (Å²) in [5.41, 5.74) is 2.10. The second-order valence-corrected chi connectivity index (χ2v) is 5.42. The molecule has 0 fully saturated rings. The first-order chi connectivity index (χ1) is 9.19. The van der Waals surface area contributed by atoms with Crippen molar-refractivity contribution in [3.63, 3.8) is 0 Å². The molecule has 1 aromatic rings. The number of aliphatic imine (C=N–C) groups is 1. The highest BCUT2D eigenvalue weighted by Gasteiger charge is 2.23. The third kappa shape index (κ3) is 2.94. The lowest BCUT2D eigenvalue weighted by Crippen LogP contribution is -2.15. The highest BCUT2D eigenvalue weighted by molar-refractivity contribution is 8.03. The molecule has 1 aliphatic heterocycles. The van der Waals surface area contributed by atoms with Gasteiger partial charge in [-0.1, -0.05) is 36.0 Å². The molecule has 1 aliphatic rings. The number of hydrogen-bond donors (Lipinski definition) is 1. The van der Waals surface area contributed by atoms with Crippen LogP contribution in [0.1, 0.15) is 6.92 Å². The Balaban J connectivity index is 2.35. The molecular formula is C15H15ClN2S. The lowest BCUT2D eigenvalue weighted by Gasteiger charge is -2.05. The van der Waals surface area contributed by atoms with Crippen molar-refractivity contribution in [2.75, 3.05) is 7.05 Å². The summed E-state index contributed by atoms with van der Waals surface area (Å²) in [6.07, 6.45) is 3.88. The van der Waals surface area contributed by atoms with E-state index in [0.717, 1.165) is 31.9 Å². The molecule has 0 unspecified atom stereocenters. The van der Waals surface area contributed by atoms with E-state index in [0.29, 0.717) is 0 Å². The van der Waals surface area contributed by atoms with E-state index in [-0.39, 0.29) is 0 Å². The van der Waals surface area contributed by atoms with Crippen molar-refractivity contribution in [1.29, 1.82) is 0 Å². The fraction of sp³-hybridized carbons (Fsp3) is 0.133. The smallest absolute Gasteiger partial charge is 0.133 e. The Morgan fingerprint density at radius 3 is 2.53 bits per heavy atom. The number of benzene rings is 1. The average Bonchev–Trinajstić information content (AvgIpc) is 2.78. The molecule has 2 nitrogen and oxygen atoms in total. The van der Waals surface area contributed by atoms with E-state index >= 15 is 0 Å². The van der Waals surface area contributed by atoms with Crippen LogP contribution in [0.25, 0.3) is 0 Å². The number of rotatable bonds is 3. The van der Waals surface area contributed by atoms with Crippen molar-refractivity contribution in [2.45, 2.75) is 11.8 Å². The quantitative estimate of drug-likeness (QED) is 0.892. The van der Waals surface area contributed by atoms with E-state index in [1.54, 1.807) is 18.8 Å². The van der Waals surface area contributed by atoms with Crippen LogP contribution in [0.2, 0.25) is 5.02 Å². The molecule has 1 aromatic carbocycles. The molecule has 0 atom stereocenters. The Hall–Kier alpha value is -1.45. The third-order valence-corrected chi connectivity index (χ3v) is 4.15. The van der Waals surface area contributed by atoms with Gasteiger partial charge in [0.25, 0.3) is 0 Å². The highest BCUT2D eigenvalue weighted by atomic mass is 35.5. The number of nitrogens with zero attached hydrogens (tertiary/aromatic N) is 1. The number of nitrogens with one attached hydrogen (secondary N) is 1. The largest absolute Gasteiger partial charge is 0.339 e. The maximum Gasteiger partial charge on any atom is 0.133 e. The van der Waals surface area contributed by atoms with E-state index in [2.05, 4.69) is 23.0 Å². The molecule has 0 spiro atoms. The second kappa shape index (κ2) is 6.13. The van der Waals surface area contributed by atoms with Crippen molar-refractivity contribution in [2.24, 2.45) is 4.99 Å². The number of amidine groups is 1. The Kier molecular flexibility index (Phi) is 4.51. The summed E-state index contributed by atoms with van der Waals surface area (Å²) in [6, 6.07) is 7.80. The van der Waals surface area contributed by atoms with Gasteiger partial charge >= 0.3 is 0 Å². The molecule has 0 saturated heterocycles. The van der Waals surface area contributed by atoms with E-state index in [1.165, 1.54) is 0 Å². The zero-order valence-corrected chi connectivity index (χ0v) is 12.5. The van der Waals surface area contributed by atoms with Gasteiger partial charge in [-0.15, -0.1) is 0 Å². The lowest BCUT2D eigenvalue weighted by molar-refractivity contribution is 1.20. The van der Waals surface area contributed by atoms with Gasteiger partial charge < -0.3 is 5.32 Å². The fourth-order valence-corrected chi connectivity index (χ4v) is 3.03. The summed E-state index contributed by atoms with van der Waals surface area (Å²) in [5, 5.41) is 4.01. The predicted molar refractivity (Wildman–Crippen MR) is 84.8 cm³/mol. The molecule has 1 heterocycles. The molecule has 4 heteroatoms. The summed E-state index contributed by atoms with van der Waals surface area (Å²) in [5.74, 6) is 0.883. The van der Waals surface area contributed by atoms with Crippen molar-refractivity contribution in [3.05, 3.63) is 64.2 Å². The Labute approximate surface area is 123 Å². The van der Waals surface area contributed by atoms with Gasteiger partial charge in [0.15, 0.2) is 0 Å². The first-order valence-electron chi connectivity index (χ1n) is 5.90. The summed E-state index contributed by atoms with van der Waals surface area (Å²) in [7, 11) is 1.78. The number of allylic oxidation sites excluding steroid dienone is 2. The van der Waals surface area contributed by atoms with Gasteiger partial charge in [0.05, 0.1) is 5.70 Å². The molecule has 0 bridgehead atoms. The molecule has 98 valence electrons. The van der Waals surface area contributed by atoms with Gasteiger partial charge in [0.2, 0.25) is 0 Å². The average molecular weight is 291 g/mol. The van der Waals surface area contributed by atoms with Crippen LogP contribution in [0, 0.1) is 0 Å². The van der Waals surface area contributed by atoms with Crippen LogP contribution in [0.4, 0.5) is 0 Å². The first-order valence-corrected chi connectivity index (χ1v) is 7.10. The Morgan fingerprint density at radius 2 is 2.00 bits per heavy atom. The van der Waals surface area contributed by atoms with Crippen LogP contribution in [-0.4, -0.2) is 12.9 Å². The monoisotopic (exact) mass is 290 g/mol. The Bertz CT molecular complexity index is 583. The van der Waals surface area contributed by atoms with E-state index in [9.17, 15) is 0 Å². The third-order valence-electron chi connectivity index (χ3n) is 2.75. The summed E-state index contributed by atoms with van der Waals surface area (Å²) in [4.78, 5) is 6.53. The van der Waals surface area contributed by atoms with Crippen molar-refractivity contribution < 1.29 is 0 Å². The van der Waals surface area contributed by atoms with Gasteiger partial charge in [-0.3, -0.25) is 4.99 Å². The van der Waals surface area contributed by atoms with E-state index in [4.69, 9.17) is 11.6 Å². The summed E-state index contributed by atoms with van der Waals surface area (Å²) in [6.45, 7) is 5.86. The van der Waals surface area contributed by atoms with Crippen LogP contribution in [0.5, 0.6) is 0 Å². The van der Waals surface area contributed by atoms with Crippen molar-refractivity contribution in [1.82, 2.24) is 5.32 Å². The molecule has 2 rings (SSSR count). The molecule has 0 aromatic heterocycles. The number of halogens is 1. The lowest BCUT2D eigenvalue weighted by atomic mass is 10.2. The van der Waals surface area contributed by atoms with Crippen molar-refractivity contribution in [3.8, 4) is 0 Å².